The summed E-state index contributed by atoms with van der Waals surface area (Å²) >= 11 is 4.73. The molecule has 0 radical (unpaired) electrons. The molecule has 0 aromatic heterocycles. The summed E-state index contributed by atoms with van der Waals surface area (Å²) in [6.45, 7) is 1.99. The number of halogens is 1. The molecule has 2 rings (SSSR count). The van der Waals surface area contributed by atoms with Crippen molar-refractivity contribution in [3.63, 3.8) is 0 Å². The van der Waals surface area contributed by atoms with Gasteiger partial charge in [-0.2, -0.15) is 0 Å². The minimum absolute atomic E-state index is 0.237. The Balaban J connectivity index is 1.82. The van der Waals surface area contributed by atoms with Gasteiger partial charge in [0, 0.05) is 9.37 Å². The zero-order valence-electron chi connectivity index (χ0n) is 11.9. The van der Waals surface area contributed by atoms with Crippen molar-refractivity contribution in [2.24, 2.45) is 0 Å². The molecule has 0 unspecified atom stereocenters. The number of aryl methyl sites for hydroxylation is 1. The van der Waals surface area contributed by atoms with E-state index in [0.717, 1.165) is 10.5 Å². The molecule has 6 heteroatoms. The zero-order chi connectivity index (χ0) is 15.9. The van der Waals surface area contributed by atoms with Gasteiger partial charge >= 0.3 is 0 Å². The predicted molar refractivity (Wildman–Crippen MR) is 91.7 cm³/mol. The molecule has 2 aromatic rings. The number of hydrogen-bond acceptors (Lipinski definition) is 3. The second-order valence-electron chi connectivity index (χ2n) is 4.54. The molecule has 0 spiro atoms. The molecule has 114 valence electrons. The van der Waals surface area contributed by atoms with Crippen LogP contribution >= 0.6 is 27.7 Å². The van der Waals surface area contributed by atoms with Gasteiger partial charge in [0.15, 0.2) is 0 Å². The molecule has 2 amide bonds. The van der Waals surface area contributed by atoms with E-state index in [1.807, 2.05) is 37.3 Å². The van der Waals surface area contributed by atoms with Crippen LogP contribution in [0.1, 0.15) is 15.9 Å². The lowest BCUT2D eigenvalue weighted by molar-refractivity contribution is -0.119. The molecule has 0 fully saturated rings. The van der Waals surface area contributed by atoms with Gasteiger partial charge < -0.3 is 0 Å². The van der Waals surface area contributed by atoms with E-state index in [1.165, 1.54) is 11.8 Å². The summed E-state index contributed by atoms with van der Waals surface area (Å²) in [6, 6.07) is 14.9. The molecule has 0 aliphatic carbocycles. The maximum atomic E-state index is 11.9. The molecule has 22 heavy (non-hydrogen) atoms. The van der Waals surface area contributed by atoms with Gasteiger partial charge in [0.2, 0.25) is 5.91 Å². The van der Waals surface area contributed by atoms with Crippen LogP contribution in [-0.4, -0.2) is 17.6 Å². The number of carbonyl (C=O) groups is 2. The summed E-state index contributed by atoms with van der Waals surface area (Å²) in [5.41, 5.74) is 6.42. The van der Waals surface area contributed by atoms with Crippen LogP contribution in [0.3, 0.4) is 0 Å². The molecular weight excluding hydrogens is 364 g/mol. The van der Waals surface area contributed by atoms with Crippen molar-refractivity contribution >= 4 is 39.5 Å². The van der Waals surface area contributed by atoms with Crippen LogP contribution < -0.4 is 10.9 Å². The molecule has 0 saturated carbocycles. The Morgan fingerprint density at radius 1 is 1.05 bits per heavy atom. The zero-order valence-corrected chi connectivity index (χ0v) is 14.3. The van der Waals surface area contributed by atoms with Crippen LogP contribution in [0.2, 0.25) is 0 Å². The third-order valence-corrected chi connectivity index (χ3v) is 4.75. The smallest absolute Gasteiger partial charge is 0.270 e. The summed E-state index contributed by atoms with van der Waals surface area (Å²) in [5.74, 6) is -0.378. The minimum Gasteiger partial charge on any atom is -0.272 e. The lowest BCUT2D eigenvalue weighted by atomic mass is 10.2. The van der Waals surface area contributed by atoms with Gasteiger partial charge in [-0.05, 0) is 46.6 Å². The first-order valence-electron chi connectivity index (χ1n) is 6.60. The van der Waals surface area contributed by atoms with Crippen molar-refractivity contribution in [1.82, 2.24) is 10.9 Å². The molecule has 0 aliphatic heterocycles. The van der Waals surface area contributed by atoms with E-state index >= 15 is 0 Å². The maximum Gasteiger partial charge on any atom is 0.270 e. The van der Waals surface area contributed by atoms with Gasteiger partial charge in [0.05, 0.1) is 11.3 Å². The minimum atomic E-state index is -0.360. The quantitative estimate of drug-likeness (QED) is 0.633. The molecule has 0 aliphatic rings. The highest BCUT2D eigenvalue weighted by Crippen LogP contribution is 2.21. The monoisotopic (exact) mass is 378 g/mol. The van der Waals surface area contributed by atoms with Gasteiger partial charge in [-0.15, -0.1) is 11.8 Å². The van der Waals surface area contributed by atoms with Crippen LogP contribution in [0.25, 0.3) is 0 Å². The fourth-order valence-corrected chi connectivity index (χ4v) is 3.03. The van der Waals surface area contributed by atoms with Gasteiger partial charge in [0.25, 0.3) is 5.91 Å². The van der Waals surface area contributed by atoms with Crippen LogP contribution in [0.4, 0.5) is 0 Å². The number of benzene rings is 2. The molecule has 2 N–H and O–H groups in total. The second kappa shape index (κ2) is 8.00. The Bertz CT molecular complexity index is 691. The van der Waals surface area contributed by atoms with Crippen molar-refractivity contribution in [3.8, 4) is 0 Å². The lowest BCUT2D eigenvalue weighted by Gasteiger charge is -2.09. The summed E-state index contributed by atoms with van der Waals surface area (Å²) in [5, 5.41) is 0. The molecule has 0 bridgehead atoms. The average molecular weight is 379 g/mol. The van der Waals surface area contributed by atoms with Crippen molar-refractivity contribution in [1.29, 1.82) is 0 Å². The van der Waals surface area contributed by atoms with E-state index in [9.17, 15) is 9.59 Å². The Morgan fingerprint density at radius 2 is 1.73 bits per heavy atom. The normalized spacial score (nSPS) is 10.1. The van der Waals surface area contributed by atoms with Crippen LogP contribution in [0.15, 0.2) is 57.9 Å². The summed E-state index contributed by atoms with van der Waals surface area (Å²) < 4.78 is 0.677. The Kier molecular flexibility index (Phi) is 6.03. The van der Waals surface area contributed by atoms with Crippen molar-refractivity contribution in [2.75, 3.05) is 5.75 Å². The molecule has 0 saturated heterocycles. The van der Waals surface area contributed by atoms with E-state index in [-0.39, 0.29) is 17.6 Å². The molecular formula is C16H15BrN2O2S. The molecule has 0 heterocycles. The number of carbonyl (C=O) groups excluding carboxylic acids is 2. The van der Waals surface area contributed by atoms with Gasteiger partial charge in [-0.1, -0.05) is 30.3 Å². The first kappa shape index (κ1) is 16.6. The van der Waals surface area contributed by atoms with E-state index < -0.39 is 0 Å². The number of hydrogen-bond donors (Lipinski definition) is 2. The standard InChI is InChI=1S/C16H15BrN2O2S/c1-11-6-2-5-9-14(11)22-10-15(20)18-19-16(21)12-7-3-4-8-13(12)17/h2-9H,10H2,1H3,(H,18,20)(H,19,21). The first-order valence-corrected chi connectivity index (χ1v) is 8.38. The Hall–Kier alpha value is -1.79. The lowest BCUT2D eigenvalue weighted by Crippen LogP contribution is -2.42. The van der Waals surface area contributed by atoms with Gasteiger partial charge in [0.1, 0.15) is 0 Å². The van der Waals surface area contributed by atoms with Crippen molar-refractivity contribution < 1.29 is 9.59 Å². The third-order valence-electron chi connectivity index (χ3n) is 2.89. The number of rotatable bonds is 4. The van der Waals surface area contributed by atoms with Crippen LogP contribution in [-0.2, 0) is 4.79 Å². The SMILES string of the molecule is Cc1ccccc1SCC(=O)NNC(=O)c1ccccc1Br. The third kappa shape index (κ3) is 4.61. The Labute approximate surface area is 141 Å². The predicted octanol–water partition coefficient (Wildman–Crippen LogP) is 3.31. The molecule has 2 aromatic carbocycles. The summed E-state index contributed by atoms with van der Waals surface area (Å²) in [6.07, 6.45) is 0. The fourth-order valence-electron chi connectivity index (χ4n) is 1.74. The topological polar surface area (TPSA) is 58.2 Å². The largest absolute Gasteiger partial charge is 0.272 e. The van der Waals surface area contributed by atoms with Crippen molar-refractivity contribution in [2.45, 2.75) is 11.8 Å². The van der Waals surface area contributed by atoms with E-state index in [0.29, 0.717) is 10.0 Å². The highest BCUT2D eigenvalue weighted by Gasteiger charge is 2.10. The van der Waals surface area contributed by atoms with E-state index in [2.05, 4.69) is 26.8 Å². The highest BCUT2D eigenvalue weighted by molar-refractivity contribution is 9.10. The molecule has 4 nitrogen and oxygen atoms in total. The number of thioether (sulfide) groups is 1. The fraction of sp³-hybridized carbons (Fsp3) is 0.125. The van der Waals surface area contributed by atoms with Gasteiger partial charge in [-0.25, -0.2) is 0 Å². The van der Waals surface area contributed by atoms with Crippen LogP contribution in [0, 0.1) is 6.92 Å². The van der Waals surface area contributed by atoms with Crippen molar-refractivity contribution in [3.05, 3.63) is 64.1 Å². The highest BCUT2D eigenvalue weighted by atomic mass is 79.9. The van der Waals surface area contributed by atoms with E-state index in [4.69, 9.17) is 0 Å². The average Bonchev–Trinajstić information content (AvgIpc) is 2.52. The summed E-state index contributed by atoms with van der Waals surface area (Å²) in [7, 11) is 0. The molecule has 0 atom stereocenters. The number of nitrogens with one attached hydrogen (secondary N) is 2. The maximum absolute atomic E-state index is 11.9. The van der Waals surface area contributed by atoms with Crippen LogP contribution in [0.5, 0.6) is 0 Å². The number of hydrazine groups is 1. The van der Waals surface area contributed by atoms with E-state index in [1.54, 1.807) is 18.2 Å². The number of amides is 2. The first-order chi connectivity index (χ1) is 10.6. The second-order valence-corrected chi connectivity index (χ2v) is 6.41. The Morgan fingerprint density at radius 3 is 2.45 bits per heavy atom. The van der Waals surface area contributed by atoms with Gasteiger partial charge in [-0.3, -0.25) is 20.4 Å². The summed E-state index contributed by atoms with van der Waals surface area (Å²) in [4.78, 5) is 24.8.